The lowest BCUT2D eigenvalue weighted by Gasteiger charge is -2.12. The first kappa shape index (κ1) is 16.0. The molecule has 0 aliphatic carbocycles. The number of nitrogens with zero attached hydrogens (tertiary/aromatic N) is 1. The minimum atomic E-state index is 0.692. The molecule has 0 atom stereocenters. The second-order valence-electron chi connectivity index (χ2n) is 5.96. The lowest BCUT2D eigenvalue weighted by Crippen LogP contribution is -1.92. The summed E-state index contributed by atoms with van der Waals surface area (Å²) in [4.78, 5) is 4.44. The Hall–Kier alpha value is -3.47. The van der Waals surface area contributed by atoms with Gasteiger partial charge in [-0.1, -0.05) is 0 Å². The summed E-state index contributed by atoms with van der Waals surface area (Å²) in [5.41, 5.74) is 8.06. The van der Waals surface area contributed by atoms with Gasteiger partial charge in [-0.05, 0) is 55.5 Å². The van der Waals surface area contributed by atoms with Gasteiger partial charge in [0.05, 0.1) is 18.2 Å². The van der Waals surface area contributed by atoms with Crippen molar-refractivity contribution in [2.45, 2.75) is 6.92 Å². The van der Waals surface area contributed by atoms with Crippen LogP contribution in [0.3, 0.4) is 0 Å². The van der Waals surface area contributed by atoms with E-state index in [-0.39, 0.29) is 0 Å². The van der Waals surface area contributed by atoms with Gasteiger partial charge in [-0.2, -0.15) is 0 Å². The number of rotatable bonds is 4. The topological polar surface area (TPSA) is 70.5 Å². The SMILES string of the molecule is COc1cc2nccc(Oc3ccc(N)cc3)c2cc1-c1ccc(C)o1. The van der Waals surface area contributed by atoms with Gasteiger partial charge in [-0.15, -0.1) is 0 Å². The second-order valence-corrected chi connectivity index (χ2v) is 5.96. The number of benzene rings is 2. The summed E-state index contributed by atoms with van der Waals surface area (Å²) in [6, 6.07) is 16.8. The maximum Gasteiger partial charge on any atom is 0.138 e. The molecular weight excluding hydrogens is 328 g/mol. The fraction of sp³-hybridized carbons (Fsp3) is 0.0952. The Morgan fingerprint density at radius 3 is 2.46 bits per heavy atom. The highest BCUT2D eigenvalue weighted by Crippen LogP contribution is 2.38. The van der Waals surface area contributed by atoms with Gasteiger partial charge < -0.3 is 19.6 Å². The number of methoxy groups -OCH3 is 1. The predicted octanol–water partition coefficient (Wildman–Crippen LogP) is 5.19. The number of aryl methyl sites for hydroxylation is 1. The van der Waals surface area contributed by atoms with Crippen LogP contribution < -0.4 is 15.2 Å². The molecule has 2 heterocycles. The number of anilines is 1. The molecule has 0 radical (unpaired) electrons. The van der Waals surface area contributed by atoms with Crippen LogP contribution in [-0.2, 0) is 0 Å². The zero-order valence-corrected chi connectivity index (χ0v) is 14.5. The largest absolute Gasteiger partial charge is 0.496 e. The van der Waals surface area contributed by atoms with Gasteiger partial charge >= 0.3 is 0 Å². The molecule has 0 aliphatic rings. The molecule has 5 nitrogen and oxygen atoms in total. The highest BCUT2D eigenvalue weighted by molar-refractivity contribution is 5.91. The van der Waals surface area contributed by atoms with Crippen molar-refractivity contribution in [2.24, 2.45) is 0 Å². The van der Waals surface area contributed by atoms with E-state index < -0.39 is 0 Å². The zero-order valence-electron chi connectivity index (χ0n) is 14.5. The van der Waals surface area contributed by atoms with Crippen LogP contribution in [0.15, 0.2) is 65.2 Å². The van der Waals surface area contributed by atoms with Crippen LogP contribution in [-0.4, -0.2) is 12.1 Å². The standard InChI is InChI=1S/C21H18N2O3/c1-13-3-8-19(25-13)17-11-16-18(12-21(17)24-2)23-10-9-20(16)26-15-6-4-14(22)5-7-15/h3-12H,22H2,1-2H3. The molecule has 0 bridgehead atoms. The van der Waals surface area contributed by atoms with E-state index in [0.717, 1.165) is 28.0 Å². The summed E-state index contributed by atoms with van der Waals surface area (Å²) < 4.78 is 17.4. The minimum Gasteiger partial charge on any atom is -0.496 e. The summed E-state index contributed by atoms with van der Waals surface area (Å²) in [5.74, 6) is 3.68. The molecule has 0 aliphatic heterocycles. The third-order valence-electron chi connectivity index (χ3n) is 4.14. The van der Waals surface area contributed by atoms with E-state index in [0.29, 0.717) is 22.9 Å². The molecule has 26 heavy (non-hydrogen) atoms. The first-order valence-corrected chi connectivity index (χ1v) is 8.21. The minimum absolute atomic E-state index is 0.692. The molecule has 2 aromatic heterocycles. The molecule has 4 rings (SSSR count). The van der Waals surface area contributed by atoms with E-state index in [1.54, 1.807) is 25.4 Å². The molecular formula is C21H18N2O3. The Morgan fingerprint density at radius 2 is 1.77 bits per heavy atom. The van der Waals surface area contributed by atoms with E-state index in [2.05, 4.69) is 4.98 Å². The zero-order chi connectivity index (χ0) is 18.1. The summed E-state index contributed by atoms with van der Waals surface area (Å²) in [6.45, 7) is 1.91. The maximum absolute atomic E-state index is 6.05. The number of nitrogen functional groups attached to an aromatic ring is 1. The average Bonchev–Trinajstić information content (AvgIpc) is 3.09. The van der Waals surface area contributed by atoms with Crippen LogP contribution >= 0.6 is 0 Å². The van der Waals surface area contributed by atoms with Gasteiger partial charge in [0.2, 0.25) is 0 Å². The number of furan rings is 1. The van der Waals surface area contributed by atoms with Gasteiger partial charge in [-0.3, -0.25) is 4.98 Å². The molecule has 2 N–H and O–H groups in total. The fourth-order valence-electron chi connectivity index (χ4n) is 2.84. The molecule has 0 spiro atoms. The number of fused-ring (bicyclic) bond motifs is 1. The van der Waals surface area contributed by atoms with Crippen LogP contribution in [0, 0.1) is 6.92 Å². The quantitative estimate of drug-likeness (QED) is 0.515. The van der Waals surface area contributed by atoms with Crippen LogP contribution in [0.4, 0.5) is 5.69 Å². The monoisotopic (exact) mass is 346 g/mol. The maximum atomic E-state index is 6.05. The van der Waals surface area contributed by atoms with Crippen molar-refractivity contribution >= 4 is 16.6 Å². The number of pyridine rings is 1. The number of hydrogen-bond donors (Lipinski definition) is 1. The summed E-state index contributed by atoms with van der Waals surface area (Å²) in [5, 5.41) is 0.870. The van der Waals surface area contributed by atoms with E-state index >= 15 is 0 Å². The Labute approximate surface area is 151 Å². The lowest BCUT2D eigenvalue weighted by atomic mass is 10.1. The Bertz CT molecular complexity index is 1070. The van der Waals surface area contributed by atoms with E-state index in [4.69, 9.17) is 19.6 Å². The van der Waals surface area contributed by atoms with Crippen LogP contribution in [0.2, 0.25) is 0 Å². The molecule has 0 unspecified atom stereocenters. The van der Waals surface area contributed by atoms with Gasteiger partial charge in [0, 0.05) is 23.3 Å². The predicted molar refractivity (Wildman–Crippen MR) is 102 cm³/mol. The molecule has 0 fully saturated rings. The molecule has 2 aromatic carbocycles. The number of nitrogens with two attached hydrogens (primary N) is 1. The van der Waals surface area contributed by atoms with E-state index in [9.17, 15) is 0 Å². The highest BCUT2D eigenvalue weighted by Gasteiger charge is 2.14. The van der Waals surface area contributed by atoms with Crippen LogP contribution in [0.1, 0.15) is 5.76 Å². The van der Waals surface area contributed by atoms with Gasteiger partial charge in [0.25, 0.3) is 0 Å². The number of aromatic nitrogens is 1. The van der Waals surface area contributed by atoms with Crippen molar-refractivity contribution in [1.82, 2.24) is 4.98 Å². The van der Waals surface area contributed by atoms with Gasteiger partial charge in [-0.25, -0.2) is 0 Å². The molecule has 0 saturated carbocycles. The average molecular weight is 346 g/mol. The lowest BCUT2D eigenvalue weighted by molar-refractivity contribution is 0.414. The second kappa shape index (κ2) is 6.44. The number of hydrogen-bond acceptors (Lipinski definition) is 5. The Morgan fingerprint density at radius 1 is 0.962 bits per heavy atom. The molecule has 0 amide bonds. The third-order valence-corrected chi connectivity index (χ3v) is 4.14. The third kappa shape index (κ3) is 2.95. The summed E-state index contributed by atoms with van der Waals surface area (Å²) in [7, 11) is 1.63. The van der Waals surface area contributed by atoms with Crippen molar-refractivity contribution in [3.8, 4) is 28.6 Å². The van der Waals surface area contributed by atoms with Crippen molar-refractivity contribution in [2.75, 3.05) is 12.8 Å². The van der Waals surface area contributed by atoms with Crippen molar-refractivity contribution < 1.29 is 13.9 Å². The van der Waals surface area contributed by atoms with Crippen LogP contribution in [0.25, 0.3) is 22.2 Å². The van der Waals surface area contributed by atoms with Crippen molar-refractivity contribution in [3.63, 3.8) is 0 Å². The van der Waals surface area contributed by atoms with Crippen molar-refractivity contribution in [1.29, 1.82) is 0 Å². The van der Waals surface area contributed by atoms with Gasteiger partial charge in [0.15, 0.2) is 0 Å². The summed E-state index contributed by atoms with van der Waals surface area (Å²) in [6.07, 6.45) is 1.71. The highest BCUT2D eigenvalue weighted by atomic mass is 16.5. The molecule has 130 valence electrons. The number of ether oxygens (including phenoxy) is 2. The first-order valence-electron chi connectivity index (χ1n) is 8.21. The van der Waals surface area contributed by atoms with E-state index in [1.165, 1.54) is 0 Å². The smallest absolute Gasteiger partial charge is 0.138 e. The Balaban J connectivity index is 1.85. The van der Waals surface area contributed by atoms with Gasteiger partial charge in [0.1, 0.15) is 28.8 Å². The van der Waals surface area contributed by atoms with Crippen molar-refractivity contribution in [3.05, 3.63) is 66.6 Å². The molecule has 5 heteroatoms. The van der Waals surface area contributed by atoms with E-state index in [1.807, 2.05) is 49.4 Å². The molecule has 0 saturated heterocycles. The fourth-order valence-corrected chi connectivity index (χ4v) is 2.84. The normalized spacial score (nSPS) is 10.8. The first-order chi connectivity index (χ1) is 12.6. The molecule has 4 aromatic rings. The Kier molecular flexibility index (Phi) is 3.97. The summed E-state index contributed by atoms with van der Waals surface area (Å²) >= 11 is 0. The van der Waals surface area contributed by atoms with Crippen LogP contribution in [0.5, 0.6) is 17.2 Å².